The molecule has 2 amide bonds. The quantitative estimate of drug-likeness (QED) is 0.428. The van der Waals surface area contributed by atoms with Gasteiger partial charge in [-0.2, -0.15) is 0 Å². The van der Waals surface area contributed by atoms with Crippen molar-refractivity contribution in [2.75, 3.05) is 5.73 Å². The van der Waals surface area contributed by atoms with Gasteiger partial charge < -0.3 is 10.5 Å². The summed E-state index contributed by atoms with van der Waals surface area (Å²) in [6, 6.07) is 3.59. The minimum atomic E-state index is -0.881. The number of carbonyl (C=O) groups excluding carboxylic acids is 2. The molecule has 21 heavy (non-hydrogen) atoms. The summed E-state index contributed by atoms with van der Waals surface area (Å²) in [5.74, 6) is -0.854. The number of amides is 2. The lowest BCUT2D eigenvalue weighted by Crippen LogP contribution is -2.44. The summed E-state index contributed by atoms with van der Waals surface area (Å²) in [6.45, 7) is 4.96. The Balaban J connectivity index is 2.77. The third kappa shape index (κ3) is 4.97. The Morgan fingerprint density at radius 3 is 2.43 bits per heavy atom. The predicted molar refractivity (Wildman–Crippen MR) is 74.3 cm³/mol. The Morgan fingerprint density at radius 1 is 1.29 bits per heavy atom. The van der Waals surface area contributed by atoms with Gasteiger partial charge in [-0.3, -0.25) is 20.3 Å². The van der Waals surface area contributed by atoms with Crippen LogP contribution in [-0.2, 0) is 4.74 Å². The number of hydrogen-bond acceptors (Lipinski definition) is 6. The molecule has 0 aliphatic carbocycles. The molecule has 9 heteroatoms. The van der Waals surface area contributed by atoms with Gasteiger partial charge in [-0.15, -0.1) is 0 Å². The monoisotopic (exact) mass is 296 g/mol. The maximum Gasteiger partial charge on any atom is 0.426 e. The molecule has 0 radical (unpaired) electrons. The van der Waals surface area contributed by atoms with Crippen LogP contribution in [0.5, 0.6) is 0 Å². The van der Waals surface area contributed by atoms with Gasteiger partial charge in [0.2, 0.25) is 0 Å². The second-order valence-electron chi connectivity index (χ2n) is 5.11. The molecule has 1 aromatic rings. The average Bonchev–Trinajstić information content (AvgIpc) is 2.33. The lowest BCUT2D eigenvalue weighted by atomic mass is 10.1. The van der Waals surface area contributed by atoms with Crippen LogP contribution in [0.25, 0.3) is 0 Å². The van der Waals surface area contributed by atoms with Crippen molar-refractivity contribution in [3.63, 3.8) is 0 Å². The van der Waals surface area contributed by atoms with Crippen LogP contribution < -0.4 is 16.6 Å². The van der Waals surface area contributed by atoms with E-state index in [-0.39, 0.29) is 11.3 Å². The highest BCUT2D eigenvalue weighted by Crippen LogP contribution is 2.21. The molecule has 0 aliphatic heterocycles. The van der Waals surface area contributed by atoms with Gasteiger partial charge in [-0.05, 0) is 32.9 Å². The van der Waals surface area contributed by atoms with E-state index in [9.17, 15) is 19.7 Å². The fourth-order valence-corrected chi connectivity index (χ4v) is 1.37. The highest BCUT2D eigenvalue weighted by Gasteiger charge is 2.22. The zero-order chi connectivity index (χ0) is 16.2. The van der Waals surface area contributed by atoms with Crippen LogP contribution in [0.1, 0.15) is 31.1 Å². The van der Waals surface area contributed by atoms with Gasteiger partial charge in [0.1, 0.15) is 11.2 Å². The van der Waals surface area contributed by atoms with E-state index >= 15 is 0 Å². The van der Waals surface area contributed by atoms with Crippen LogP contribution in [0, 0.1) is 10.1 Å². The Morgan fingerprint density at radius 2 is 1.90 bits per heavy atom. The maximum atomic E-state index is 11.8. The summed E-state index contributed by atoms with van der Waals surface area (Å²) in [7, 11) is 0. The Kier molecular flexibility index (Phi) is 4.69. The molecule has 9 nitrogen and oxygen atoms in total. The van der Waals surface area contributed by atoms with E-state index in [0.717, 1.165) is 6.07 Å². The average molecular weight is 296 g/mol. The van der Waals surface area contributed by atoms with Crippen LogP contribution in [0.3, 0.4) is 0 Å². The predicted octanol–water partition coefficient (Wildman–Crippen LogP) is 1.35. The van der Waals surface area contributed by atoms with E-state index in [2.05, 4.69) is 0 Å². The zero-order valence-electron chi connectivity index (χ0n) is 11.8. The van der Waals surface area contributed by atoms with Crippen molar-refractivity contribution < 1.29 is 19.2 Å². The van der Waals surface area contributed by atoms with E-state index < -0.39 is 28.2 Å². The first kappa shape index (κ1) is 16.2. The molecular weight excluding hydrogens is 280 g/mol. The number of nitro benzene ring substituents is 1. The van der Waals surface area contributed by atoms with E-state index in [4.69, 9.17) is 10.5 Å². The smallest absolute Gasteiger partial charge is 0.426 e. The molecule has 1 rings (SSSR count). The van der Waals surface area contributed by atoms with Gasteiger partial charge in [0, 0.05) is 11.8 Å². The lowest BCUT2D eigenvalue weighted by molar-refractivity contribution is -0.385. The fourth-order valence-electron chi connectivity index (χ4n) is 1.37. The second-order valence-corrected chi connectivity index (χ2v) is 5.11. The van der Waals surface area contributed by atoms with Gasteiger partial charge in [-0.25, -0.2) is 10.2 Å². The highest BCUT2D eigenvalue weighted by atomic mass is 16.6. The van der Waals surface area contributed by atoms with Crippen molar-refractivity contribution in [3.8, 4) is 0 Å². The molecule has 0 atom stereocenters. The van der Waals surface area contributed by atoms with Gasteiger partial charge in [0.15, 0.2) is 0 Å². The Hall–Kier alpha value is -2.84. The number of carbonyl (C=O) groups is 2. The number of nitrogen functional groups attached to an aromatic ring is 1. The van der Waals surface area contributed by atoms with Crippen LogP contribution in [0.2, 0.25) is 0 Å². The van der Waals surface area contributed by atoms with E-state index in [0.29, 0.717) is 0 Å². The van der Waals surface area contributed by atoms with Crippen molar-refractivity contribution in [1.29, 1.82) is 0 Å². The van der Waals surface area contributed by atoms with E-state index in [1.54, 1.807) is 20.8 Å². The minimum absolute atomic E-state index is 0.151. The highest BCUT2D eigenvalue weighted by molar-refractivity contribution is 5.99. The number of nitro groups is 1. The number of nitrogens with zero attached hydrogens (tertiary/aromatic N) is 1. The second kappa shape index (κ2) is 6.07. The number of nitrogens with two attached hydrogens (primary N) is 1. The van der Waals surface area contributed by atoms with Gasteiger partial charge in [-0.1, -0.05) is 0 Å². The largest absolute Gasteiger partial charge is 0.443 e. The minimum Gasteiger partial charge on any atom is -0.443 e. The first-order valence-corrected chi connectivity index (χ1v) is 5.93. The summed E-state index contributed by atoms with van der Waals surface area (Å²) in [4.78, 5) is 33.3. The SMILES string of the molecule is CC(C)(C)OC(=O)NNC(=O)c1ccc(N)cc1[N+](=O)[O-]. The Bertz CT molecular complexity index is 580. The molecule has 4 N–H and O–H groups in total. The normalized spacial score (nSPS) is 10.6. The van der Waals surface area contributed by atoms with Crippen molar-refractivity contribution >= 4 is 23.4 Å². The molecule has 1 aromatic carbocycles. The number of anilines is 1. The zero-order valence-corrected chi connectivity index (χ0v) is 11.8. The van der Waals surface area contributed by atoms with Crippen LogP contribution in [0.4, 0.5) is 16.2 Å². The number of rotatable bonds is 2. The lowest BCUT2D eigenvalue weighted by Gasteiger charge is -2.19. The molecule has 0 aromatic heterocycles. The summed E-state index contributed by atoms with van der Waals surface area (Å²) in [6.07, 6.45) is -0.881. The van der Waals surface area contributed by atoms with Gasteiger partial charge in [0.05, 0.1) is 4.92 Å². The first-order valence-electron chi connectivity index (χ1n) is 5.93. The number of hydrogen-bond donors (Lipinski definition) is 3. The molecule has 0 bridgehead atoms. The summed E-state index contributed by atoms with van der Waals surface area (Å²) < 4.78 is 4.90. The van der Waals surface area contributed by atoms with Crippen molar-refractivity contribution in [1.82, 2.24) is 10.9 Å². The molecule has 0 saturated heterocycles. The molecule has 0 fully saturated rings. The summed E-state index contributed by atoms with van der Waals surface area (Å²) >= 11 is 0. The number of ether oxygens (including phenoxy) is 1. The van der Waals surface area contributed by atoms with Crippen molar-refractivity contribution in [3.05, 3.63) is 33.9 Å². The standard InChI is InChI=1S/C12H16N4O5/c1-12(2,3)21-11(18)15-14-10(17)8-5-4-7(13)6-9(8)16(19)20/h4-6H,13H2,1-3H3,(H,14,17)(H,15,18). The van der Waals surface area contributed by atoms with Crippen LogP contribution in [0.15, 0.2) is 18.2 Å². The number of hydrazine groups is 1. The van der Waals surface area contributed by atoms with Crippen molar-refractivity contribution in [2.45, 2.75) is 26.4 Å². The summed E-state index contributed by atoms with van der Waals surface area (Å²) in [5, 5.41) is 10.9. The van der Waals surface area contributed by atoms with Gasteiger partial charge in [0.25, 0.3) is 11.6 Å². The fraction of sp³-hybridized carbons (Fsp3) is 0.333. The third-order valence-electron chi connectivity index (χ3n) is 2.14. The third-order valence-corrected chi connectivity index (χ3v) is 2.14. The van der Waals surface area contributed by atoms with E-state index in [1.807, 2.05) is 10.9 Å². The van der Waals surface area contributed by atoms with Gasteiger partial charge >= 0.3 is 6.09 Å². The molecule has 0 aliphatic rings. The molecule has 0 heterocycles. The van der Waals surface area contributed by atoms with E-state index in [1.165, 1.54) is 12.1 Å². The summed E-state index contributed by atoms with van der Waals surface area (Å²) in [5.41, 5.74) is 8.19. The molecule has 114 valence electrons. The van der Waals surface area contributed by atoms with Crippen LogP contribution in [-0.4, -0.2) is 22.5 Å². The number of benzene rings is 1. The maximum absolute atomic E-state index is 11.8. The molecule has 0 spiro atoms. The molecular formula is C12H16N4O5. The first-order chi connectivity index (χ1) is 9.60. The topological polar surface area (TPSA) is 137 Å². The molecule has 0 unspecified atom stereocenters. The molecule has 0 saturated carbocycles. The van der Waals surface area contributed by atoms with Crippen molar-refractivity contribution in [2.24, 2.45) is 0 Å². The Labute approximate surface area is 120 Å². The number of nitrogens with one attached hydrogen (secondary N) is 2. The van der Waals surface area contributed by atoms with Crippen LogP contribution >= 0.6 is 0 Å².